The standard InChI is InChI=1S/C13H14FN3O/c1-9-7-12(17(2)16-9)15-13(18)8-10-5-3-4-6-11(10)14/h3-7H,8H2,1-2H3,(H,15,18). The fourth-order valence-corrected chi connectivity index (χ4v) is 1.73. The third-order valence-corrected chi connectivity index (χ3v) is 2.58. The van der Waals surface area contributed by atoms with Crippen molar-refractivity contribution >= 4 is 11.7 Å². The molecule has 0 spiro atoms. The Morgan fingerprint density at radius 1 is 1.44 bits per heavy atom. The molecular weight excluding hydrogens is 233 g/mol. The fourth-order valence-electron chi connectivity index (χ4n) is 1.73. The van der Waals surface area contributed by atoms with Crippen LogP contribution in [0.15, 0.2) is 30.3 Å². The predicted molar refractivity (Wildman–Crippen MR) is 66.7 cm³/mol. The lowest BCUT2D eigenvalue weighted by atomic mass is 10.1. The van der Waals surface area contributed by atoms with Crippen LogP contribution in [-0.4, -0.2) is 15.7 Å². The molecule has 1 aromatic heterocycles. The predicted octanol–water partition coefficient (Wildman–Crippen LogP) is 2.05. The van der Waals surface area contributed by atoms with Gasteiger partial charge in [-0.25, -0.2) is 4.39 Å². The van der Waals surface area contributed by atoms with E-state index >= 15 is 0 Å². The molecule has 0 bridgehead atoms. The summed E-state index contributed by atoms with van der Waals surface area (Å²) >= 11 is 0. The van der Waals surface area contributed by atoms with Crippen LogP contribution in [0.1, 0.15) is 11.3 Å². The van der Waals surface area contributed by atoms with Crippen LogP contribution in [0.2, 0.25) is 0 Å². The maximum Gasteiger partial charge on any atom is 0.230 e. The van der Waals surface area contributed by atoms with Gasteiger partial charge >= 0.3 is 0 Å². The van der Waals surface area contributed by atoms with E-state index in [0.29, 0.717) is 11.4 Å². The molecule has 4 nitrogen and oxygen atoms in total. The highest BCUT2D eigenvalue weighted by Crippen LogP contribution is 2.11. The summed E-state index contributed by atoms with van der Waals surface area (Å²) in [7, 11) is 1.74. The van der Waals surface area contributed by atoms with Gasteiger partial charge in [-0.1, -0.05) is 18.2 Å². The lowest BCUT2D eigenvalue weighted by Gasteiger charge is -2.05. The van der Waals surface area contributed by atoms with Gasteiger partial charge in [0.1, 0.15) is 11.6 Å². The van der Waals surface area contributed by atoms with E-state index in [1.54, 1.807) is 36.0 Å². The van der Waals surface area contributed by atoms with E-state index < -0.39 is 0 Å². The molecule has 0 saturated heterocycles. The number of nitrogens with zero attached hydrogens (tertiary/aromatic N) is 2. The van der Waals surface area contributed by atoms with Crippen LogP contribution in [-0.2, 0) is 18.3 Å². The Morgan fingerprint density at radius 2 is 2.17 bits per heavy atom. The number of aryl methyl sites for hydroxylation is 2. The first kappa shape index (κ1) is 12.3. The van der Waals surface area contributed by atoms with Crippen LogP contribution >= 0.6 is 0 Å². The third kappa shape index (κ3) is 2.74. The SMILES string of the molecule is Cc1cc(NC(=O)Cc2ccccc2F)n(C)n1. The van der Waals surface area contributed by atoms with Crippen LogP contribution in [0, 0.1) is 12.7 Å². The normalized spacial score (nSPS) is 10.4. The molecule has 0 aliphatic heterocycles. The minimum Gasteiger partial charge on any atom is -0.311 e. The van der Waals surface area contributed by atoms with Crippen LogP contribution in [0.4, 0.5) is 10.2 Å². The van der Waals surface area contributed by atoms with E-state index in [9.17, 15) is 9.18 Å². The zero-order chi connectivity index (χ0) is 13.1. The average Bonchev–Trinajstić information content (AvgIpc) is 2.61. The molecular formula is C13H14FN3O. The minimum absolute atomic E-state index is 0.0108. The quantitative estimate of drug-likeness (QED) is 0.902. The number of anilines is 1. The van der Waals surface area contributed by atoms with E-state index in [0.717, 1.165) is 5.69 Å². The van der Waals surface area contributed by atoms with Crippen molar-refractivity contribution in [2.45, 2.75) is 13.3 Å². The Labute approximate surface area is 104 Å². The van der Waals surface area contributed by atoms with E-state index in [4.69, 9.17) is 0 Å². The first-order valence-electron chi connectivity index (χ1n) is 5.60. The van der Waals surface area contributed by atoms with Crippen molar-refractivity contribution in [3.05, 3.63) is 47.4 Å². The van der Waals surface area contributed by atoms with E-state index in [1.165, 1.54) is 6.07 Å². The Hall–Kier alpha value is -2.17. The molecule has 2 rings (SSSR count). The molecule has 0 aliphatic rings. The minimum atomic E-state index is -0.367. The molecule has 0 fully saturated rings. The molecule has 18 heavy (non-hydrogen) atoms. The molecule has 1 amide bonds. The van der Waals surface area contributed by atoms with Gasteiger partial charge in [-0.15, -0.1) is 0 Å². The number of rotatable bonds is 3. The maximum atomic E-state index is 13.4. The van der Waals surface area contributed by atoms with Crippen molar-refractivity contribution in [2.75, 3.05) is 5.32 Å². The van der Waals surface area contributed by atoms with E-state index in [2.05, 4.69) is 10.4 Å². The molecule has 1 aromatic carbocycles. The van der Waals surface area contributed by atoms with Gasteiger partial charge in [0.15, 0.2) is 0 Å². The number of aromatic nitrogens is 2. The van der Waals surface area contributed by atoms with Gasteiger partial charge in [-0.2, -0.15) is 5.10 Å². The van der Waals surface area contributed by atoms with Crippen molar-refractivity contribution < 1.29 is 9.18 Å². The van der Waals surface area contributed by atoms with Crippen molar-refractivity contribution in [3.63, 3.8) is 0 Å². The summed E-state index contributed by atoms with van der Waals surface area (Å²) in [5.74, 6) is -0.0224. The van der Waals surface area contributed by atoms with E-state index in [1.807, 2.05) is 6.92 Å². The van der Waals surface area contributed by atoms with Gasteiger partial charge in [0, 0.05) is 13.1 Å². The number of hydrogen-bond donors (Lipinski definition) is 1. The van der Waals surface area contributed by atoms with E-state index in [-0.39, 0.29) is 18.1 Å². The molecule has 0 unspecified atom stereocenters. The maximum absolute atomic E-state index is 13.4. The summed E-state index contributed by atoms with van der Waals surface area (Å²) in [6.45, 7) is 1.84. The van der Waals surface area contributed by atoms with Crippen LogP contribution in [0.5, 0.6) is 0 Å². The summed E-state index contributed by atoms with van der Waals surface area (Å²) in [4.78, 5) is 11.8. The molecule has 1 heterocycles. The summed E-state index contributed by atoms with van der Waals surface area (Å²) in [5, 5.41) is 6.82. The molecule has 0 atom stereocenters. The molecule has 0 aliphatic carbocycles. The largest absolute Gasteiger partial charge is 0.311 e. The summed E-state index contributed by atoms with van der Waals surface area (Å²) in [6, 6.07) is 8.01. The van der Waals surface area contributed by atoms with Crippen LogP contribution < -0.4 is 5.32 Å². The Balaban J connectivity index is 2.06. The molecule has 5 heteroatoms. The number of nitrogens with one attached hydrogen (secondary N) is 1. The number of hydrogen-bond acceptors (Lipinski definition) is 2. The first-order valence-corrected chi connectivity index (χ1v) is 5.60. The lowest BCUT2D eigenvalue weighted by molar-refractivity contribution is -0.115. The number of benzene rings is 1. The van der Waals surface area contributed by atoms with Gasteiger partial charge in [0.05, 0.1) is 12.1 Å². The molecule has 2 aromatic rings. The fraction of sp³-hybridized carbons (Fsp3) is 0.231. The topological polar surface area (TPSA) is 46.9 Å². The average molecular weight is 247 g/mol. The van der Waals surface area contributed by atoms with Crippen molar-refractivity contribution in [1.29, 1.82) is 0 Å². The van der Waals surface area contributed by atoms with Gasteiger partial charge < -0.3 is 5.32 Å². The van der Waals surface area contributed by atoms with Gasteiger partial charge in [0.25, 0.3) is 0 Å². The smallest absolute Gasteiger partial charge is 0.230 e. The lowest BCUT2D eigenvalue weighted by Crippen LogP contribution is -2.17. The molecule has 0 radical (unpaired) electrons. The molecule has 0 saturated carbocycles. The van der Waals surface area contributed by atoms with Gasteiger partial charge in [-0.05, 0) is 18.6 Å². The summed E-state index contributed by atoms with van der Waals surface area (Å²) in [6.07, 6.45) is 0.0108. The highest BCUT2D eigenvalue weighted by Gasteiger charge is 2.10. The van der Waals surface area contributed by atoms with Crippen molar-refractivity contribution in [3.8, 4) is 0 Å². The second kappa shape index (κ2) is 5.00. The van der Waals surface area contributed by atoms with Gasteiger partial charge in [0.2, 0.25) is 5.91 Å². The first-order chi connectivity index (χ1) is 8.56. The van der Waals surface area contributed by atoms with Crippen LogP contribution in [0.3, 0.4) is 0 Å². The molecule has 94 valence electrons. The highest BCUT2D eigenvalue weighted by atomic mass is 19.1. The Kier molecular flexibility index (Phi) is 3.41. The number of carbonyl (C=O) groups excluding carboxylic acids is 1. The second-order valence-corrected chi connectivity index (χ2v) is 4.11. The highest BCUT2D eigenvalue weighted by molar-refractivity contribution is 5.91. The van der Waals surface area contributed by atoms with Gasteiger partial charge in [-0.3, -0.25) is 9.48 Å². The van der Waals surface area contributed by atoms with Crippen molar-refractivity contribution in [1.82, 2.24) is 9.78 Å². The number of amides is 1. The Bertz CT molecular complexity index is 577. The third-order valence-electron chi connectivity index (χ3n) is 2.58. The monoisotopic (exact) mass is 247 g/mol. The zero-order valence-corrected chi connectivity index (χ0v) is 10.3. The Morgan fingerprint density at radius 3 is 2.78 bits per heavy atom. The van der Waals surface area contributed by atoms with Crippen LogP contribution in [0.25, 0.3) is 0 Å². The summed E-state index contributed by atoms with van der Waals surface area (Å²) < 4.78 is 15.0. The zero-order valence-electron chi connectivity index (χ0n) is 10.3. The number of halogens is 1. The number of carbonyl (C=O) groups is 1. The van der Waals surface area contributed by atoms with Crippen molar-refractivity contribution in [2.24, 2.45) is 7.05 Å². The molecule has 1 N–H and O–H groups in total. The summed E-state index contributed by atoms with van der Waals surface area (Å²) in [5.41, 5.74) is 1.20. The second-order valence-electron chi connectivity index (χ2n) is 4.11.